The van der Waals surface area contributed by atoms with Gasteiger partial charge in [0.05, 0.1) is 29.0 Å². The van der Waals surface area contributed by atoms with E-state index in [1.54, 1.807) is 30.5 Å². The molecule has 0 spiro atoms. The molecule has 8 heteroatoms. The number of aromatic nitrogens is 2. The maximum absolute atomic E-state index is 14.4. The van der Waals surface area contributed by atoms with E-state index in [9.17, 15) is 19.1 Å². The molecular weight excluding hydrogens is 413 g/mol. The molecule has 0 aliphatic carbocycles. The molecule has 0 saturated carbocycles. The Balaban J connectivity index is 1.81. The van der Waals surface area contributed by atoms with Crippen molar-refractivity contribution in [2.24, 2.45) is 5.73 Å². The number of aliphatic hydroxyl groups is 1. The molecule has 0 radical (unpaired) electrons. The molecule has 7 nitrogen and oxygen atoms in total. The van der Waals surface area contributed by atoms with E-state index < -0.39 is 11.6 Å². The summed E-state index contributed by atoms with van der Waals surface area (Å²) in [5.41, 5.74) is 8.12. The minimum absolute atomic E-state index is 0.0754. The fourth-order valence-electron chi connectivity index (χ4n) is 4.86. The molecule has 166 valence electrons. The predicted molar refractivity (Wildman–Crippen MR) is 117 cm³/mol. The zero-order valence-corrected chi connectivity index (χ0v) is 18.0. The average Bonchev–Trinajstić information content (AvgIpc) is 3.14. The summed E-state index contributed by atoms with van der Waals surface area (Å²) in [5.74, 6) is -1.11. The van der Waals surface area contributed by atoms with Crippen LogP contribution in [0.25, 0.3) is 22.3 Å². The van der Waals surface area contributed by atoms with Gasteiger partial charge in [0.15, 0.2) is 5.60 Å². The van der Waals surface area contributed by atoms with Crippen molar-refractivity contribution in [2.75, 3.05) is 6.54 Å². The highest BCUT2D eigenvalue weighted by molar-refractivity contribution is 5.89. The molecule has 1 unspecified atom stereocenters. The fraction of sp³-hybridized carbons (Fsp3) is 0.375. The smallest absolute Gasteiger partial charge is 0.343 e. The van der Waals surface area contributed by atoms with E-state index >= 15 is 0 Å². The second kappa shape index (κ2) is 7.21. The van der Waals surface area contributed by atoms with E-state index in [4.69, 9.17) is 15.5 Å². The van der Waals surface area contributed by atoms with Gasteiger partial charge in [-0.2, -0.15) is 0 Å². The summed E-state index contributed by atoms with van der Waals surface area (Å²) in [6, 6.07) is 4.88. The van der Waals surface area contributed by atoms with Gasteiger partial charge >= 0.3 is 5.97 Å². The van der Waals surface area contributed by atoms with Crippen LogP contribution in [-0.4, -0.2) is 27.2 Å². The van der Waals surface area contributed by atoms with Gasteiger partial charge in [0.2, 0.25) is 0 Å². The maximum atomic E-state index is 14.4. The number of pyridine rings is 2. The molecule has 0 bridgehead atoms. The molecule has 0 amide bonds. The Morgan fingerprint density at radius 3 is 2.78 bits per heavy atom. The van der Waals surface area contributed by atoms with Gasteiger partial charge in [0.1, 0.15) is 12.4 Å². The molecule has 0 saturated heterocycles. The summed E-state index contributed by atoms with van der Waals surface area (Å²) < 4.78 is 21.1. The topological polar surface area (TPSA) is 107 Å². The summed E-state index contributed by atoms with van der Waals surface area (Å²) in [7, 11) is 0. The Hall–Kier alpha value is -3.10. The van der Waals surface area contributed by atoms with Crippen LogP contribution in [0, 0.1) is 12.7 Å². The molecule has 4 heterocycles. The molecule has 3 aromatic rings. The normalized spacial score (nSPS) is 19.0. The van der Waals surface area contributed by atoms with E-state index in [-0.39, 0.29) is 35.5 Å². The van der Waals surface area contributed by atoms with Gasteiger partial charge < -0.3 is 20.1 Å². The summed E-state index contributed by atoms with van der Waals surface area (Å²) >= 11 is 0. The number of carbonyl (C=O) groups is 1. The largest absolute Gasteiger partial charge is 0.458 e. The lowest BCUT2D eigenvalue weighted by atomic mass is 9.86. The Morgan fingerprint density at radius 2 is 2.06 bits per heavy atom. The van der Waals surface area contributed by atoms with Crippen LogP contribution in [0.1, 0.15) is 47.6 Å². The molecule has 2 aromatic heterocycles. The van der Waals surface area contributed by atoms with E-state index in [1.807, 2.05) is 0 Å². The molecule has 3 N–H and O–H groups in total. The average molecular weight is 437 g/mol. The molecule has 5 rings (SSSR count). The summed E-state index contributed by atoms with van der Waals surface area (Å²) in [6.07, 6.45) is 1.49. The number of benzene rings is 1. The maximum Gasteiger partial charge on any atom is 0.343 e. The minimum atomic E-state index is -1.88. The highest BCUT2D eigenvalue weighted by Crippen LogP contribution is 2.40. The highest BCUT2D eigenvalue weighted by Gasteiger charge is 2.45. The highest BCUT2D eigenvalue weighted by atomic mass is 19.1. The van der Waals surface area contributed by atoms with Crippen molar-refractivity contribution >= 4 is 16.9 Å². The molecule has 0 fully saturated rings. The van der Waals surface area contributed by atoms with Crippen molar-refractivity contribution in [3.63, 3.8) is 0 Å². The number of halogens is 1. The van der Waals surface area contributed by atoms with E-state index in [0.29, 0.717) is 42.0 Å². The van der Waals surface area contributed by atoms with Crippen LogP contribution < -0.4 is 11.3 Å². The van der Waals surface area contributed by atoms with Gasteiger partial charge in [-0.3, -0.25) is 4.79 Å². The number of ether oxygens (including phenoxy) is 1. The first-order chi connectivity index (χ1) is 15.3. The number of esters is 1. The van der Waals surface area contributed by atoms with Gasteiger partial charge in [0, 0.05) is 22.6 Å². The lowest BCUT2D eigenvalue weighted by Crippen LogP contribution is -2.44. The summed E-state index contributed by atoms with van der Waals surface area (Å²) in [6.45, 7) is 4.02. The van der Waals surface area contributed by atoms with Gasteiger partial charge in [-0.15, -0.1) is 0 Å². The third-order valence-electron chi connectivity index (χ3n) is 6.72. The number of carbonyl (C=O) groups excluding carboxylic acids is 1. The van der Waals surface area contributed by atoms with Crippen molar-refractivity contribution in [3.05, 3.63) is 62.2 Å². The number of fused-ring (bicyclic) bond motifs is 5. The molecule has 2 aliphatic rings. The van der Waals surface area contributed by atoms with Crippen LogP contribution in [0.3, 0.4) is 0 Å². The molecule has 32 heavy (non-hydrogen) atoms. The first kappa shape index (κ1) is 20.8. The van der Waals surface area contributed by atoms with Gasteiger partial charge in [-0.05, 0) is 56.0 Å². The molecular formula is C24H24FN3O4. The van der Waals surface area contributed by atoms with E-state index in [2.05, 4.69) is 0 Å². The zero-order valence-electron chi connectivity index (χ0n) is 18.0. The molecule has 1 aromatic carbocycles. The second-order valence-electron chi connectivity index (χ2n) is 8.53. The SMILES string of the molecule is CCC1(O)C(=O)OCc2c1cc1n(c2=O)Cc2c-1nc1cc(F)c(C)cc1c2CCCN. The van der Waals surface area contributed by atoms with Crippen LogP contribution in [-0.2, 0) is 34.7 Å². The zero-order chi connectivity index (χ0) is 22.8. The third-order valence-corrected chi connectivity index (χ3v) is 6.72. The summed E-state index contributed by atoms with van der Waals surface area (Å²) in [4.78, 5) is 30.4. The first-order valence-corrected chi connectivity index (χ1v) is 10.8. The van der Waals surface area contributed by atoms with Crippen molar-refractivity contribution < 1.29 is 19.0 Å². The van der Waals surface area contributed by atoms with Crippen molar-refractivity contribution in [2.45, 2.75) is 51.9 Å². The summed E-state index contributed by atoms with van der Waals surface area (Å²) in [5, 5.41) is 11.9. The minimum Gasteiger partial charge on any atom is -0.458 e. The molecule has 1 atom stereocenters. The Bertz CT molecular complexity index is 1360. The van der Waals surface area contributed by atoms with Crippen molar-refractivity contribution in [1.29, 1.82) is 0 Å². The number of hydrogen-bond donors (Lipinski definition) is 2. The number of hydrogen-bond acceptors (Lipinski definition) is 6. The van der Waals surface area contributed by atoms with Crippen molar-refractivity contribution in [1.82, 2.24) is 9.55 Å². The Kier molecular flexibility index (Phi) is 4.69. The van der Waals surface area contributed by atoms with Crippen molar-refractivity contribution in [3.8, 4) is 11.4 Å². The number of nitrogens with zero attached hydrogens (tertiary/aromatic N) is 2. The Morgan fingerprint density at radius 1 is 1.28 bits per heavy atom. The van der Waals surface area contributed by atoms with Crippen LogP contribution in [0.5, 0.6) is 0 Å². The van der Waals surface area contributed by atoms with Crippen LogP contribution in [0.4, 0.5) is 4.39 Å². The predicted octanol–water partition coefficient (Wildman–Crippen LogP) is 2.42. The monoisotopic (exact) mass is 437 g/mol. The lowest BCUT2D eigenvalue weighted by molar-refractivity contribution is -0.172. The van der Waals surface area contributed by atoms with Crippen LogP contribution >= 0.6 is 0 Å². The van der Waals surface area contributed by atoms with Crippen LogP contribution in [0.15, 0.2) is 23.0 Å². The standard InChI is InChI=1S/C24H24FN3O4/c1-3-24(31)17-8-20-21-15(10-28(20)22(29)16(17)11-32-23(24)30)13(5-4-6-26)14-7-12(2)18(25)9-19(14)27-21/h7-9,31H,3-6,10-11,26H2,1-2H3. The number of cyclic esters (lactones) is 1. The first-order valence-electron chi connectivity index (χ1n) is 10.8. The second-order valence-corrected chi connectivity index (χ2v) is 8.53. The van der Waals surface area contributed by atoms with Gasteiger partial charge in [-0.25, -0.2) is 14.2 Å². The number of rotatable bonds is 4. The lowest BCUT2D eigenvalue weighted by Gasteiger charge is -2.31. The number of aryl methyl sites for hydroxylation is 2. The van der Waals surface area contributed by atoms with Gasteiger partial charge in [0.25, 0.3) is 5.56 Å². The Labute approximate surface area is 183 Å². The quantitative estimate of drug-likeness (QED) is 0.475. The van der Waals surface area contributed by atoms with Gasteiger partial charge in [-0.1, -0.05) is 6.92 Å². The van der Waals surface area contributed by atoms with E-state index in [1.165, 1.54) is 6.07 Å². The third kappa shape index (κ3) is 2.76. The number of nitrogens with two attached hydrogens (primary N) is 1. The van der Waals surface area contributed by atoms with E-state index in [0.717, 1.165) is 22.9 Å². The molecule has 2 aliphatic heterocycles. The van der Waals surface area contributed by atoms with Crippen LogP contribution in [0.2, 0.25) is 0 Å². The fourth-order valence-corrected chi connectivity index (χ4v) is 4.86.